The van der Waals surface area contributed by atoms with E-state index in [1.165, 1.54) is 48.7 Å². The first-order valence-corrected chi connectivity index (χ1v) is 12.1. The highest BCUT2D eigenvalue weighted by Crippen LogP contribution is 2.42. The van der Waals surface area contributed by atoms with Crippen molar-refractivity contribution >= 4 is 32.9 Å². The molecule has 3 heteroatoms. The Morgan fingerprint density at radius 1 is 0.812 bits per heavy atom. The number of hydrogen-bond donors (Lipinski definition) is 1. The van der Waals surface area contributed by atoms with E-state index in [0.29, 0.717) is 12.6 Å². The summed E-state index contributed by atoms with van der Waals surface area (Å²) in [6.07, 6.45) is 3.13. The molecule has 1 aliphatic carbocycles. The Labute approximate surface area is 192 Å². The molecule has 0 aliphatic heterocycles. The maximum atomic E-state index is 6.24. The topological polar surface area (TPSA) is 35.2 Å². The van der Waals surface area contributed by atoms with Crippen molar-refractivity contribution < 1.29 is 4.74 Å². The van der Waals surface area contributed by atoms with Gasteiger partial charge in [-0.05, 0) is 68.9 Å². The molecule has 0 saturated heterocycles. The zero-order chi connectivity index (χ0) is 21.5. The van der Waals surface area contributed by atoms with Crippen LogP contribution in [0.2, 0.25) is 0 Å². The fourth-order valence-corrected chi connectivity index (χ4v) is 5.90. The molecule has 0 bridgehead atoms. The molecule has 6 rings (SSSR count). The van der Waals surface area contributed by atoms with Gasteiger partial charge in [0.15, 0.2) is 0 Å². The second-order valence-electron chi connectivity index (χ2n) is 8.66. The Bertz CT molecular complexity index is 1420. The van der Waals surface area contributed by atoms with Crippen LogP contribution in [0.25, 0.3) is 32.0 Å². The maximum Gasteiger partial charge on any atom is 0.138 e. The summed E-state index contributed by atoms with van der Waals surface area (Å²) in [7, 11) is 0. The summed E-state index contributed by atoms with van der Waals surface area (Å²) >= 11 is 1.74. The van der Waals surface area contributed by atoms with E-state index in [-0.39, 0.29) is 0 Å². The Morgan fingerprint density at radius 3 is 2.53 bits per heavy atom. The molecule has 0 saturated carbocycles. The van der Waals surface area contributed by atoms with E-state index < -0.39 is 0 Å². The van der Waals surface area contributed by atoms with E-state index in [4.69, 9.17) is 10.5 Å². The SMILES string of the molecule is NC1CCc2c(ccc3c2ccc2c(-c4sccc4OCc4ccccc4)cccc23)C1. The molecule has 158 valence electrons. The van der Waals surface area contributed by atoms with Crippen molar-refractivity contribution in [3.05, 3.63) is 101 Å². The second kappa shape index (κ2) is 8.09. The average molecular weight is 436 g/mol. The number of nitrogens with two attached hydrogens (primary N) is 1. The van der Waals surface area contributed by atoms with E-state index in [2.05, 4.69) is 78.2 Å². The molecule has 0 amide bonds. The molecule has 32 heavy (non-hydrogen) atoms. The monoisotopic (exact) mass is 435 g/mol. The molecule has 1 aliphatic rings. The molecule has 0 radical (unpaired) electrons. The highest BCUT2D eigenvalue weighted by molar-refractivity contribution is 7.14. The van der Waals surface area contributed by atoms with Gasteiger partial charge in [0.2, 0.25) is 0 Å². The van der Waals surface area contributed by atoms with Crippen LogP contribution in [0.3, 0.4) is 0 Å². The van der Waals surface area contributed by atoms with E-state index in [1.807, 2.05) is 6.07 Å². The van der Waals surface area contributed by atoms with Crippen LogP contribution in [-0.2, 0) is 19.4 Å². The molecule has 0 fully saturated rings. The van der Waals surface area contributed by atoms with Crippen molar-refractivity contribution in [1.82, 2.24) is 0 Å². The zero-order valence-corrected chi connectivity index (χ0v) is 18.7. The molecule has 1 aromatic heterocycles. The summed E-state index contributed by atoms with van der Waals surface area (Å²) in [6.45, 7) is 0.576. The van der Waals surface area contributed by atoms with Crippen molar-refractivity contribution in [2.24, 2.45) is 5.73 Å². The van der Waals surface area contributed by atoms with Crippen molar-refractivity contribution in [2.45, 2.75) is 31.9 Å². The van der Waals surface area contributed by atoms with Crippen molar-refractivity contribution in [2.75, 3.05) is 0 Å². The van der Waals surface area contributed by atoms with Gasteiger partial charge in [-0.25, -0.2) is 0 Å². The van der Waals surface area contributed by atoms with Crippen LogP contribution in [0, 0.1) is 0 Å². The smallest absolute Gasteiger partial charge is 0.138 e. The van der Waals surface area contributed by atoms with Crippen LogP contribution in [-0.4, -0.2) is 6.04 Å². The molecule has 2 N–H and O–H groups in total. The summed E-state index contributed by atoms with van der Waals surface area (Å²) in [5.41, 5.74) is 11.5. The van der Waals surface area contributed by atoms with Crippen LogP contribution < -0.4 is 10.5 Å². The molecular weight excluding hydrogens is 410 g/mol. The van der Waals surface area contributed by atoms with Crippen molar-refractivity contribution in [3.63, 3.8) is 0 Å². The fraction of sp³-hybridized carbons (Fsp3) is 0.172. The minimum absolute atomic E-state index is 0.292. The molecule has 2 nitrogen and oxygen atoms in total. The standard InChI is InChI=1S/C29H25NOS/c30-21-10-12-22-20(17-21)9-11-25-23-7-4-8-27(26(23)14-13-24(22)25)29-28(15-16-32-29)31-18-19-5-2-1-3-6-19/h1-9,11,13-16,21H,10,12,17-18,30H2. The Hall–Kier alpha value is -3.14. The quantitative estimate of drug-likeness (QED) is 0.305. The number of hydrogen-bond acceptors (Lipinski definition) is 3. The number of benzene rings is 4. The minimum atomic E-state index is 0.292. The normalized spacial score (nSPS) is 15.7. The lowest BCUT2D eigenvalue weighted by molar-refractivity contribution is 0.309. The second-order valence-corrected chi connectivity index (χ2v) is 9.57. The van der Waals surface area contributed by atoms with Gasteiger partial charge in [0.25, 0.3) is 0 Å². The fourth-order valence-electron chi connectivity index (χ4n) is 5.02. The minimum Gasteiger partial charge on any atom is -0.487 e. The largest absolute Gasteiger partial charge is 0.487 e. The van der Waals surface area contributed by atoms with Crippen LogP contribution in [0.1, 0.15) is 23.1 Å². The Balaban J connectivity index is 1.43. The first kappa shape index (κ1) is 19.5. The zero-order valence-electron chi connectivity index (χ0n) is 17.9. The van der Waals surface area contributed by atoms with Gasteiger partial charge < -0.3 is 10.5 Å². The molecule has 4 aromatic carbocycles. The first-order valence-electron chi connectivity index (χ1n) is 11.2. The Kier molecular flexibility index (Phi) is 4.94. The van der Waals surface area contributed by atoms with Crippen LogP contribution >= 0.6 is 11.3 Å². The van der Waals surface area contributed by atoms with Crippen LogP contribution in [0.4, 0.5) is 0 Å². The maximum absolute atomic E-state index is 6.24. The highest BCUT2D eigenvalue weighted by atomic mass is 32.1. The lowest BCUT2D eigenvalue weighted by Crippen LogP contribution is -2.27. The van der Waals surface area contributed by atoms with E-state index in [0.717, 1.165) is 25.0 Å². The van der Waals surface area contributed by atoms with Crippen molar-refractivity contribution in [1.29, 1.82) is 0 Å². The molecule has 5 aromatic rings. The average Bonchev–Trinajstić information content (AvgIpc) is 3.30. The van der Waals surface area contributed by atoms with E-state index in [1.54, 1.807) is 11.3 Å². The summed E-state index contributed by atoms with van der Waals surface area (Å²) < 4.78 is 6.24. The number of ether oxygens (including phenoxy) is 1. The third-order valence-corrected chi connectivity index (χ3v) is 7.55. The third kappa shape index (κ3) is 3.38. The summed E-state index contributed by atoms with van der Waals surface area (Å²) in [5.74, 6) is 0.950. The summed E-state index contributed by atoms with van der Waals surface area (Å²) in [4.78, 5) is 1.19. The van der Waals surface area contributed by atoms with Gasteiger partial charge in [-0.15, -0.1) is 11.3 Å². The summed E-state index contributed by atoms with van der Waals surface area (Å²) in [5, 5.41) is 7.42. The van der Waals surface area contributed by atoms with Gasteiger partial charge in [0.05, 0.1) is 4.88 Å². The van der Waals surface area contributed by atoms with Gasteiger partial charge in [-0.3, -0.25) is 0 Å². The molecular formula is C29H25NOS. The number of aryl methyl sites for hydroxylation is 1. The lowest BCUT2D eigenvalue weighted by Gasteiger charge is -2.23. The van der Waals surface area contributed by atoms with Crippen LogP contribution in [0.5, 0.6) is 5.75 Å². The molecule has 1 unspecified atom stereocenters. The van der Waals surface area contributed by atoms with E-state index >= 15 is 0 Å². The van der Waals surface area contributed by atoms with E-state index in [9.17, 15) is 0 Å². The predicted molar refractivity (Wildman–Crippen MR) is 136 cm³/mol. The number of thiophene rings is 1. The molecule has 1 heterocycles. The number of fused-ring (bicyclic) bond motifs is 5. The predicted octanol–water partition coefficient (Wildman–Crippen LogP) is 7.12. The Morgan fingerprint density at radius 2 is 1.62 bits per heavy atom. The number of rotatable bonds is 4. The summed E-state index contributed by atoms with van der Waals surface area (Å²) in [6, 6.07) is 28.5. The van der Waals surface area contributed by atoms with Gasteiger partial charge in [-0.1, -0.05) is 72.8 Å². The third-order valence-electron chi connectivity index (χ3n) is 6.63. The van der Waals surface area contributed by atoms with Gasteiger partial charge in [0.1, 0.15) is 12.4 Å². The van der Waals surface area contributed by atoms with Gasteiger partial charge in [0, 0.05) is 11.6 Å². The molecule has 1 atom stereocenters. The highest BCUT2D eigenvalue weighted by Gasteiger charge is 2.19. The molecule has 0 spiro atoms. The van der Waals surface area contributed by atoms with Crippen LogP contribution in [0.15, 0.2) is 84.2 Å². The van der Waals surface area contributed by atoms with Gasteiger partial charge in [-0.2, -0.15) is 0 Å². The van der Waals surface area contributed by atoms with Crippen molar-refractivity contribution in [3.8, 4) is 16.2 Å². The van der Waals surface area contributed by atoms with Gasteiger partial charge >= 0.3 is 0 Å². The lowest BCUT2D eigenvalue weighted by atomic mass is 9.84. The first-order chi connectivity index (χ1) is 15.8.